The second kappa shape index (κ2) is 6.30. The average molecular weight is 270 g/mol. The lowest BCUT2D eigenvalue weighted by Gasteiger charge is -2.12. The van der Waals surface area contributed by atoms with Crippen LogP contribution in [-0.4, -0.2) is 11.0 Å². The Hall–Kier alpha value is -2.20. The molecular formula is C16H18N2O2. The molecule has 4 nitrogen and oxygen atoms in total. The quantitative estimate of drug-likeness (QED) is 0.670. The van der Waals surface area contributed by atoms with Crippen molar-refractivity contribution in [3.05, 3.63) is 75.3 Å². The molecule has 1 atom stereocenters. The molecule has 0 bridgehead atoms. The molecule has 0 aromatic heterocycles. The van der Waals surface area contributed by atoms with Gasteiger partial charge in [-0.15, -0.1) is 0 Å². The van der Waals surface area contributed by atoms with Crippen LogP contribution >= 0.6 is 0 Å². The van der Waals surface area contributed by atoms with Crippen LogP contribution in [0.2, 0.25) is 0 Å². The number of aryl methyl sites for hydroxylation is 1. The first-order valence-corrected chi connectivity index (χ1v) is 6.59. The zero-order valence-electron chi connectivity index (χ0n) is 11.5. The van der Waals surface area contributed by atoms with E-state index >= 15 is 0 Å². The van der Waals surface area contributed by atoms with Crippen LogP contribution in [0.4, 0.5) is 5.69 Å². The lowest BCUT2D eigenvalue weighted by molar-refractivity contribution is -0.385. The van der Waals surface area contributed by atoms with Crippen LogP contribution in [-0.2, 0) is 12.8 Å². The molecule has 1 unspecified atom stereocenters. The van der Waals surface area contributed by atoms with Gasteiger partial charge >= 0.3 is 0 Å². The zero-order chi connectivity index (χ0) is 14.5. The first kappa shape index (κ1) is 14.2. The summed E-state index contributed by atoms with van der Waals surface area (Å²) in [5.74, 6) is 0. The van der Waals surface area contributed by atoms with E-state index in [9.17, 15) is 10.1 Å². The largest absolute Gasteiger partial charge is 0.327 e. The van der Waals surface area contributed by atoms with Crippen molar-refractivity contribution in [3.8, 4) is 0 Å². The van der Waals surface area contributed by atoms with E-state index in [0.29, 0.717) is 18.4 Å². The highest BCUT2D eigenvalue weighted by Crippen LogP contribution is 2.19. The van der Waals surface area contributed by atoms with Crippen molar-refractivity contribution in [2.45, 2.75) is 25.8 Å². The maximum atomic E-state index is 11.0. The Bertz CT molecular complexity index is 594. The van der Waals surface area contributed by atoms with Crippen molar-refractivity contribution in [2.75, 3.05) is 0 Å². The van der Waals surface area contributed by atoms with Crippen LogP contribution in [0, 0.1) is 17.0 Å². The Balaban J connectivity index is 2.06. The highest BCUT2D eigenvalue weighted by molar-refractivity contribution is 5.40. The molecule has 20 heavy (non-hydrogen) atoms. The van der Waals surface area contributed by atoms with Crippen molar-refractivity contribution in [1.82, 2.24) is 0 Å². The van der Waals surface area contributed by atoms with E-state index in [1.807, 2.05) is 19.1 Å². The fourth-order valence-corrected chi connectivity index (χ4v) is 2.24. The monoisotopic (exact) mass is 270 g/mol. The Morgan fingerprint density at radius 1 is 1.10 bits per heavy atom. The number of rotatable bonds is 5. The molecule has 104 valence electrons. The Morgan fingerprint density at radius 3 is 2.40 bits per heavy atom. The standard InChI is InChI=1S/C16H18N2O2/c1-12-6-8-13(9-7-12)10-15(17)11-14-4-2-3-5-16(14)18(19)20/h2-9,15H,10-11,17H2,1H3. The van der Waals surface area contributed by atoms with E-state index in [0.717, 1.165) is 5.56 Å². The van der Waals surface area contributed by atoms with Crippen molar-refractivity contribution < 1.29 is 4.92 Å². The molecule has 0 saturated heterocycles. The number of para-hydroxylation sites is 1. The number of nitro groups is 1. The summed E-state index contributed by atoms with van der Waals surface area (Å²) >= 11 is 0. The van der Waals surface area contributed by atoms with Gasteiger partial charge in [-0.25, -0.2) is 0 Å². The van der Waals surface area contributed by atoms with Gasteiger partial charge in [0.1, 0.15) is 0 Å². The second-order valence-corrected chi connectivity index (χ2v) is 5.04. The molecule has 0 aliphatic rings. The summed E-state index contributed by atoms with van der Waals surface area (Å²) in [6, 6.07) is 14.8. The van der Waals surface area contributed by atoms with E-state index < -0.39 is 0 Å². The smallest absolute Gasteiger partial charge is 0.272 e. The fraction of sp³-hybridized carbons (Fsp3) is 0.250. The first-order valence-electron chi connectivity index (χ1n) is 6.59. The number of hydrogen-bond acceptors (Lipinski definition) is 3. The molecule has 0 aliphatic heterocycles. The molecule has 2 N–H and O–H groups in total. The molecule has 2 aromatic carbocycles. The number of nitrogens with zero attached hydrogens (tertiary/aromatic N) is 1. The zero-order valence-corrected chi connectivity index (χ0v) is 11.5. The first-order chi connectivity index (χ1) is 9.56. The molecule has 0 fully saturated rings. The lowest BCUT2D eigenvalue weighted by atomic mass is 9.98. The molecule has 2 rings (SSSR count). The SMILES string of the molecule is Cc1ccc(CC(N)Cc2ccccc2[N+](=O)[O-])cc1. The Morgan fingerprint density at radius 2 is 1.75 bits per heavy atom. The van der Waals surface area contributed by atoms with Crippen LogP contribution in [0.1, 0.15) is 16.7 Å². The lowest BCUT2D eigenvalue weighted by Crippen LogP contribution is -2.25. The summed E-state index contributed by atoms with van der Waals surface area (Å²) in [5.41, 5.74) is 9.32. The molecule has 0 heterocycles. The van der Waals surface area contributed by atoms with E-state index in [4.69, 9.17) is 5.73 Å². The minimum absolute atomic E-state index is 0.126. The highest BCUT2D eigenvalue weighted by atomic mass is 16.6. The molecule has 4 heteroatoms. The van der Waals surface area contributed by atoms with Gasteiger partial charge in [0, 0.05) is 17.7 Å². The third-order valence-electron chi connectivity index (χ3n) is 3.29. The van der Waals surface area contributed by atoms with Crippen molar-refractivity contribution in [3.63, 3.8) is 0 Å². The Labute approximate surface area is 118 Å². The van der Waals surface area contributed by atoms with Crippen molar-refractivity contribution in [2.24, 2.45) is 5.73 Å². The van der Waals surface area contributed by atoms with E-state index in [2.05, 4.69) is 12.1 Å². The van der Waals surface area contributed by atoms with Crippen LogP contribution < -0.4 is 5.73 Å². The summed E-state index contributed by atoms with van der Waals surface area (Å²) in [6.07, 6.45) is 1.22. The van der Waals surface area contributed by atoms with Gasteiger partial charge in [0.05, 0.1) is 4.92 Å². The van der Waals surface area contributed by atoms with Gasteiger partial charge in [0.2, 0.25) is 0 Å². The normalized spacial score (nSPS) is 12.1. The maximum Gasteiger partial charge on any atom is 0.272 e. The number of hydrogen-bond donors (Lipinski definition) is 1. The van der Waals surface area contributed by atoms with Crippen LogP contribution in [0.3, 0.4) is 0 Å². The summed E-state index contributed by atoms with van der Waals surface area (Å²) in [5, 5.41) is 11.0. The molecular weight excluding hydrogens is 252 g/mol. The van der Waals surface area contributed by atoms with E-state index in [-0.39, 0.29) is 16.7 Å². The molecule has 2 aromatic rings. The maximum absolute atomic E-state index is 11.0. The number of nitrogens with two attached hydrogens (primary N) is 1. The topological polar surface area (TPSA) is 69.2 Å². The third kappa shape index (κ3) is 3.65. The predicted octanol–water partition coefficient (Wildman–Crippen LogP) is 3.02. The third-order valence-corrected chi connectivity index (χ3v) is 3.29. The summed E-state index contributed by atoms with van der Waals surface area (Å²) in [7, 11) is 0. The minimum atomic E-state index is -0.353. The summed E-state index contributed by atoms with van der Waals surface area (Å²) in [4.78, 5) is 10.6. The molecule has 0 amide bonds. The van der Waals surface area contributed by atoms with Gasteiger partial charge in [-0.3, -0.25) is 10.1 Å². The molecule has 0 spiro atoms. The molecule has 0 saturated carbocycles. The second-order valence-electron chi connectivity index (χ2n) is 5.04. The predicted molar refractivity (Wildman–Crippen MR) is 79.7 cm³/mol. The van der Waals surface area contributed by atoms with E-state index in [1.165, 1.54) is 11.6 Å². The van der Waals surface area contributed by atoms with Gasteiger partial charge in [-0.2, -0.15) is 0 Å². The van der Waals surface area contributed by atoms with Gasteiger partial charge in [-0.1, -0.05) is 48.0 Å². The van der Waals surface area contributed by atoms with Gasteiger partial charge in [-0.05, 0) is 25.3 Å². The van der Waals surface area contributed by atoms with Crippen LogP contribution in [0.15, 0.2) is 48.5 Å². The number of benzene rings is 2. The average Bonchev–Trinajstić information content (AvgIpc) is 2.41. The summed E-state index contributed by atoms with van der Waals surface area (Å²) < 4.78 is 0. The van der Waals surface area contributed by atoms with Gasteiger partial charge < -0.3 is 5.73 Å². The van der Waals surface area contributed by atoms with Crippen molar-refractivity contribution >= 4 is 5.69 Å². The van der Waals surface area contributed by atoms with Crippen LogP contribution in [0.25, 0.3) is 0 Å². The van der Waals surface area contributed by atoms with Gasteiger partial charge in [0.25, 0.3) is 5.69 Å². The number of nitro benzene ring substituents is 1. The van der Waals surface area contributed by atoms with Crippen LogP contribution in [0.5, 0.6) is 0 Å². The molecule has 0 radical (unpaired) electrons. The van der Waals surface area contributed by atoms with Gasteiger partial charge in [0.15, 0.2) is 0 Å². The summed E-state index contributed by atoms with van der Waals surface area (Å²) in [6.45, 7) is 2.04. The van der Waals surface area contributed by atoms with E-state index in [1.54, 1.807) is 18.2 Å². The molecule has 0 aliphatic carbocycles. The Kier molecular flexibility index (Phi) is 4.48. The highest BCUT2D eigenvalue weighted by Gasteiger charge is 2.15. The van der Waals surface area contributed by atoms with Crippen molar-refractivity contribution in [1.29, 1.82) is 0 Å². The fourth-order valence-electron chi connectivity index (χ4n) is 2.24. The minimum Gasteiger partial charge on any atom is -0.327 e.